The van der Waals surface area contributed by atoms with E-state index in [9.17, 15) is 4.79 Å². The molecular weight excluding hydrogens is 188 g/mol. The molecule has 0 atom stereocenters. The minimum absolute atomic E-state index is 0.0471. The largest absolute Gasteiger partial charge is 0.313 e. The second-order valence-electron chi connectivity index (χ2n) is 3.59. The Kier molecular flexibility index (Phi) is 2.54. The fraction of sp³-hybridized carbons (Fsp3) is 0.333. The standard InChI is InChI=1S/C12H14N2O/c1-3-10-9-6-4-5-7-11(9)14(2)12(15)8-13-10/h4-7H,3,8H2,1-2H3. The highest BCUT2D eigenvalue weighted by Crippen LogP contribution is 2.23. The third-order valence-electron chi connectivity index (χ3n) is 2.69. The topological polar surface area (TPSA) is 32.7 Å². The zero-order valence-corrected chi connectivity index (χ0v) is 9.03. The maximum Gasteiger partial charge on any atom is 0.248 e. The number of fused-ring (bicyclic) bond motifs is 1. The first-order chi connectivity index (χ1) is 7.24. The quantitative estimate of drug-likeness (QED) is 0.684. The zero-order chi connectivity index (χ0) is 10.8. The van der Waals surface area contributed by atoms with E-state index < -0.39 is 0 Å². The summed E-state index contributed by atoms with van der Waals surface area (Å²) in [5, 5.41) is 0. The van der Waals surface area contributed by atoms with Gasteiger partial charge in [-0.3, -0.25) is 9.79 Å². The molecular formula is C12H14N2O. The molecule has 1 aliphatic rings. The van der Waals surface area contributed by atoms with Crippen LogP contribution in [0.5, 0.6) is 0 Å². The number of aliphatic imine (C=N–C) groups is 1. The lowest BCUT2D eigenvalue weighted by atomic mass is 10.1. The number of para-hydroxylation sites is 1. The molecule has 2 rings (SSSR count). The molecule has 3 heteroatoms. The van der Waals surface area contributed by atoms with Crippen molar-refractivity contribution in [3.05, 3.63) is 29.8 Å². The summed E-state index contributed by atoms with van der Waals surface area (Å²) in [6.07, 6.45) is 0.859. The highest BCUT2D eigenvalue weighted by Gasteiger charge is 2.19. The third-order valence-corrected chi connectivity index (χ3v) is 2.69. The summed E-state index contributed by atoms with van der Waals surface area (Å²) >= 11 is 0. The Morgan fingerprint density at radius 3 is 2.87 bits per heavy atom. The lowest BCUT2D eigenvalue weighted by Gasteiger charge is -2.17. The predicted octanol–water partition coefficient (Wildman–Crippen LogP) is 1.86. The molecule has 1 aliphatic heterocycles. The molecule has 0 aliphatic carbocycles. The molecule has 78 valence electrons. The van der Waals surface area contributed by atoms with Crippen LogP contribution in [-0.2, 0) is 4.79 Å². The number of likely N-dealkylation sites (N-methyl/N-ethyl adjacent to an activating group) is 1. The van der Waals surface area contributed by atoms with Crippen molar-refractivity contribution in [1.29, 1.82) is 0 Å². The number of benzene rings is 1. The molecule has 0 spiro atoms. The van der Waals surface area contributed by atoms with Crippen LogP contribution in [0.3, 0.4) is 0 Å². The summed E-state index contributed by atoms with van der Waals surface area (Å²) in [4.78, 5) is 17.7. The van der Waals surface area contributed by atoms with Crippen LogP contribution >= 0.6 is 0 Å². The fourth-order valence-corrected chi connectivity index (χ4v) is 1.80. The summed E-state index contributed by atoms with van der Waals surface area (Å²) < 4.78 is 0. The van der Waals surface area contributed by atoms with Crippen molar-refractivity contribution in [2.24, 2.45) is 4.99 Å². The van der Waals surface area contributed by atoms with E-state index in [1.807, 2.05) is 24.3 Å². The molecule has 0 bridgehead atoms. The molecule has 0 N–H and O–H groups in total. The summed E-state index contributed by atoms with van der Waals surface area (Å²) in [5.74, 6) is 0.0471. The SMILES string of the molecule is CCC1=NCC(=O)N(C)c2ccccc21. The second kappa shape index (κ2) is 3.85. The predicted molar refractivity (Wildman–Crippen MR) is 61.5 cm³/mol. The number of nitrogens with zero attached hydrogens (tertiary/aromatic N) is 2. The molecule has 0 saturated carbocycles. The van der Waals surface area contributed by atoms with Gasteiger partial charge in [-0.25, -0.2) is 0 Å². The molecule has 3 nitrogen and oxygen atoms in total. The Labute approximate surface area is 89.4 Å². The normalized spacial score (nSPS) is 15.7. The van der Waals surface area contributed by atoms with Crippen molar-refractivity contribution < 1.29 is 4.79 Å². The number of rotatable bonds is 1. The van der Waals surface area contributed by atoms with Crippen LogP contribution in [0, 0.1) is 0 Å². The first kappa shape index (κ1) is 9.90. The van der Waals surface area contributed by atoms with Gasteiger partial charge in [0.1, 0.15) is 6.54 Å². The minimum Gasteiger partial charge on any atom is -0.313 e. The fourth-order valence-electron chi connectivity index (χ4n) is 1.80. The lowest BCUT2D eigenvalue weighted by Crippen LogP contribution is -2.27. The maximum absolute atomic E-state index is 11.7. The van der Waals surface area contributed by atoms with Crippen molar-refractivity contribution >= 4 is 17.3 Å². The highest BCUT2D eigenvalue weighted by molar-refractivity contribution is 6.11. The van der Waals surface area contributed by atoms with Gasteiger partial charge in [0.25, 0.3) is 0 Å². The van der Waals surface area contributed by atoms with Crippen LogP contribution in [-0.4, -0.2) is 25.2 Å². The Bertz CT molecular complexity index is 423. The smallest absolute Gasteiger partial charge is 0.248 e. The number of carbonyl (C=O) groups is 1. The Balaban J connectivity index is 2.58. The van der Waals surface area contributed by atoms with E-state index in [2.05, 4.69) is 11.9 Å². The number of amides is 1. The monoisotopic (exact) mass is 202 g/mol. The van der Waals surface area contributed by atoms with E-state index in [0.29, 0.717) is 0 Å². The summed E-state index contributed by atoms with van der Waals surface area (Å²) in [7, 11) is 1.80. The van der Waals surface area contributed by atoms with Gasteiger partial charge in [0.2, 0.25) is 5.91 Å². The Morgan fingerprint density at radius 2 is 2.13 bits per heavy atom. The van der Waals surface area contributed by atoms with Gasteiger partial charge in [-0.2, -0.15) is 0 Å². The van der Waals surface area contributed by atoms with Gasteiger partial charge < -0.3 is 4.90 Å². The van der Waals surface area contributed by atoms with Gasteiger partial charge in [0.15, 0.2) is 0 Å². The second-order valence-corrected chi connectivity index (χ2v) is 3.59. The van der Waals surface area contributed by atoms with Gasteiger partial charge in [-0.05, 0) is 12.5 Å². The van der Waals surface area contributed by atoms with Crippen molar-refractivity contribution in [3.63, 3.8) is 0 Å². The van der Waals surface area contributed by atoms with Crippen molar-refractivity contribution in [2.45, 2.75) is 13.3 Å². The average Bonchev–Trinajstić information content (AvgIpc) is 2.39. The number of hydrogen-bond donors (Lipinski definition) is 0. The van der Waals surface area contributed by atoms with Crippen LogP contribution in [0.4, 0.5) is 5.69 Å². The lowest BCUT2D eigenvalue weighted by molar-refractivity contribution is -0.116. The number of carbonyl (C=O) groups excluding carboxylic acids is 1. The maximum atomic E-state index is 11.7. The van der Waals surface area contributed by atoms with E-state index in [4.69, 9.17) is 0 Å². The molecule has 1 aromatic rings. The molecule has 15 heavy (non-hydrogen) atoms. The Hall–Kier alpha value is -1.64. The Morgan fingerprint density at radius 1 is 1.40 bits per heavy atom. The number of benzodiazepines with no additional fused rings is 1. The molecule has 0 saturated heterocycles. The van der Waals surface area contributed by atoms with Crippen molar-refractivity contribution in [3.8, 4) is 0 Å². The zero-order valence-electron chi connectivity index (χ0n) is 9.03. The summed E-state index contributed by atoms with van der Waals surface area (Å²) in [6, 6.07) is 7.91. The average molecular weight is 202 g/mol. The highest BCUT2D eigenvalue weighted by atomic mass is 16.2. The van der Waals surface area contributed by atoms with Crippen LogP contribution in [0.25, 0.3) is 0 Å². The van der Waals surface area contributed by atoms with E-state index >= 15 is 0 Å². The molecule has 1 amide bonds. The molecule has 0 fully saturated rings. The van der Waals surface area contributed by atoms with Gasteiger partial charge in [-0.1, -0.05) is 25.1 Å². The number of hydrogen-bond acceptors (Lipinski definition) is 2. The van der Waals surface area contributed by atoms with Crippen molar-refractivity contribution in [1.82, 2.24) is 0 Å². The van der Waals surface area contributed by atoms with E-state index in [1.54, 1.807) is 11.9 Å². The van der Waals surface area contributed by atoms with Crippen LogP contribution < -0.4 is 4.90 Å². The molecule has 0 radical (unpaired) electrons. The van der Waals surface area contributed by atoms with Gasteiger partial charge in [-0.15, -0.1) is 0 Å². The van der Waals surface area contributed by atoms with Crippen LogP contribution in [0.15, 0.2) is 29.3 Å². The summed E-state index contributed by atoms with van der Waals surface area (Å²) in [6.45, 7) is 2.32. The molecule has 1 heterocycles. The molecule has 0 aromatic heterocycles. The van der Waals surface area contributed by atoms with E-state index in [-0.39, 0.29) is 12.5 Å². The van der Waals surface area contributed by atoms with Crippen molar-refractivity contribution in [2.75, 3.05) is 18.5 Å². The van der Waals surface area contributed by atoms with Crippen LogP contribution in [0.2, 0.25) is 0 Å². The first-order valence-electron chi connectivity index (χ1n) is 5.13. The van der Waals surface area contributed by atoms with Gasteiger partial charge >= 0.3 is 0 Å². The first-order valence-corrected chi connectivity index (χ1v) is 5.13. The molecule has 0 unspecified atom stereocenters. The van der Waals surface area contributed by atoms with Gasteiger partial charge in [0.05, 0.1) is 5.69 Å². The molecule has 1 aromatic carbocycles. The third kappa shape index (κ3) is 1.65. The van der Waals surface area contributed by atoms with Gasteiger partial charge in [0, 0.05) is 18.3 Å². The van der Waals surface area contributed by atoms with E-state index in [1.165, 1.54) is 0 Å². The van der Waals surface area contributed by atoms with E-state index in [0.717, 1.165) is 23.4 Å². The van der Waals surface area contributed by atoms with Crippen LogP contribution in [0.1, 0.15) is 18.9 Å². The minimum atomic E-state index is 0.0471. The summed E-state index contributed by atoms with van der Waals surface area (Å²) in [5.41, 5.74) is 3.05. The number of anilines is 1.